The van der Waals surface area contributed by atoms with Crippen molar-refractivity contribution in [2.45, 2.75) is 19.4 Å². The standard InChI is InChI=1S/C22H22F4N2O2/c23-17-2-1-3-18(10-17)28(11-14-8-19(24)21(26)20(25)9-14)22(29)30-13-16-12-27-6-4-15(16)5-7-27/h1-3,8-10,15-16H,4-7,11-13H2. The molecule has 0 radical (unpaired) electrons. The number of halogens is 4. The largest absolute Gasteiger partial charge is 0.449 e. The van der Waals surface area contributed by atoms with E-state index < -0.39 is 29.4 Å². The molecule has 3 fully saturated rings. The molecule has 5 rings (SSSR count). The van der Waals surface area contributed by atoms with E-state index in [1.165, 1.54) is 18.2 Å². The summed E-state index contributed by atoms with van der Waals surface area (Å²) in [6, 6.07) is 6.89. The van der Waals surface area contributed by atoms with Gasteiger partial charge in [-0.3, -0.25) is 4.90 Å². The first kappa shape index (κ1) is 20.7. The molecule has 1 atom stereocenters. The molecule has 3 saturated heterocycles. The number of hydrogen-bond donors (Lipinski definition) is 0. The molecular formula is C22H22F4N2O2. The SMILES string of the molecule is O=C(OCC1CN2CCC1CC2)N(Cc1cc(F)c(F)c(F)c1)c1cccc(F)c1. The minimum atomic E-state index is -1.58. The number of ether oxygens (including phenoxy) is 1. The highest BCUT2D eigenvalue weighted by Crippen LogP contribution is 2.32. The van der Waals surface area contributed by atoms with Crippen molar-refractivity contribution in [1.29, 1.82) is 0 Å². The molecule has 1 unspecified atom stereocenters. The fourth-order valence-corrected chi connectivity index (χ4v) is 4.32. The maximum absolute atomic E-state index is 13.7. The average Bonchev–Trinajstić information content (AvgIpc) is 2.75. The van der Waals surface area contributed by atoms with Crippen molar-refractivity contribution in [1.82, 2.24) is 4.90 Å². The number of piperidine rings is 3. The summed E-state index contributed by atoms with van der Waals surface area (Å²) in [4.78, 5) is 16.3. The Bertz CT molecular complexity index is 908. The monoisotopic (exact) mass is 422 g/mol. The lowest BCUT2D eigenvalue weighted by Gasteiger charge is -2.44. The van der Waals surface area contributed by atoms with Crippen LogP contribution in [0.1, 0.15) is 18.4 Å². The summed E-state index contributed by atoms with van der Waals surface area (Å²) in [7, 11) is 0. The van der Waals surface area contributed by atoms with E-state index in [1.807, 2.05) is 0 Å². The van der Waals surface area contributed by atoms with E-state index in [2.05, 4.69) is 4.90 Å². The first-order valence-corrected chi connectivity index (χ1v) is 9.96. The lowest BCUT2D eigenvalue weighted by Crippen LogP contribution is -2.49. The normalized spacial score (nSPS) is 22.7. The van der Waals surface area contributed by atoms with Gasteiger partial charge in [0.05, 0.1) is 18.8 Å². The second-order valence-electron chi connectivity index (χ2n) is 7.91. The molecule has 2 aromatic rings. The van der Waals surface area contributed by atoms with Gasteiger partial charge in [-0.05, 0) is 67.7 Å². The second-order valence-corrected chi connectivity index (χ2v) is 7.91. The van der Waals surface area contributed by atoms with Gasteiger partial charge in [0.2, 0.25) is 0 Å². The Morgan fingerprint density at radius 3 is 2.37 bits per heavy atom. The van der Waals surface area contributed by atoms with Crippen LogP contribution < -0.4 is 4.90 Å². The topological polar surface area (TPSA) is 32.8 Å². The fraction of sp³-hybridized carbons (Fsp3) is 0.409. The molecule has 3 heterocycles. The number of hydrogen-bond acceptors (Lipinski definition) is 3. The van der Waals surface area contributed by atoms with E-state index in [-0.39, 0.29) is 30.3 Å². The third kappa shape index (κ3) is 4.43. The van der Waals surface area contributed by atoms with Gasteiger partial charge < -0.3 is 9.64 Å². The van der Waals surface area contributed by atoms with Crippen LogP contribution in [0, 0.1) is 35.1 Å². The molecule has 30 heavy (non-hydrogen) atoms. The van der Waals surface area contributed by atoms with Crippen LogP contribution in [0.3, 0.4) is 0 Å². The van der Waals surface area contributed by atoms with Gasteiger partial charge in [0.15, 0.2) is 17.5 Å². The molecule has 0 aliphatic carbocycles. The molecule has 3 aliphatic rings. The van der Waals surface area contributed by atoms with Gasteiger partial charge in [-0.1, -0.05) is 6.07 Å². The van der Waals surface area contributed by atoms with Crippen molar-refractivity contribution in [2.75, 3.05) is 31.1 Å². The van der Waals surface area contributed by atoms with Crippen LogP contribution in [0.25, 0.3) is 0 Å². The zero-order valence-electron chi connectivity index (χ0n) is 16.3. The number of amides is 1. The van der Waals surface area contributed by atoms with E-state index in [0.717, 1.165) is 55.6 Å². The third-order valence-corrected chi connectivity index (χ3v) is 5.94. The maximum atomic E-state index is 13.7. The van der Waals surface area contributed by atoms with Crippen molar-refractivity contribution >= 4 is 11.8 Å². The van der Waals surface area contributed by atoms with E-state index in [4.69, 9.17) is 4.74 Å². The van der Waals surface area contributed by atoms with Crippen LogP contribution >= 0.6 is 0 Å². The molecule has 0 spiro atoms. The predicted octanol–water partition coefficient (Wildman–Crippen LogP) is 4.73. The molecular weight excluding hydrogens is 400 g/mol. The number of nitrogens with zero attached hydrogens (tertiary/aromatic N) is 2. The number of benzene rings is 2. The molecule has 1 amide bonds. The Morgan fingerprint density at radius 1 is 1.07 bits per heavy atom. The van der Waals surface area contributed by atoms with Crippen LogP contribution in [0.4, 0.5) is 28.0 Å². The zero-order chi connectivity index (χ0) is 21.3. The molecule has 0 aromatic heterocycles. The van der Waals surface area contributed by atoms with Crippen LogP contribution in [0.2, 0.25) is 0 Å². The van der Waals surface area contributed by atoms with Crippen LogP contribution in [-0.2, 0) is 11.3 Å². The molecule has 160 valence electrons. The van der Waals surface area contributed by atoms with E-state index >= 15 is 0 Å². The first-order chi connectivity index (χ1) is 14.4. The summed E-state index contributed by atoms with van der Waals surface area (Å²) >= 11 is 0. The molecule has 2 aromatic carbocycles. The second kappa shape index (κ2) is 8.63. The number of carbonyl (C=O) groups excluding carboxylic acids is 1. The average molecular weight is 422 g/mol. The number of anilines is 1. The van der Waals surface area contributed by atoms with Crippen molar-refractivity contribution in [3.05, 3.63) is 65.2 Å². The van der Waals surface area contributed by atoms with Crippen molar-refractivity contribution < 1.29 is 27.1 Å². The minimum Gasteiger partial charge on any atom is -0.449 e. The van der Waals surface area contributed by atoms with E-state index in [1.54, 1.807) is 0 Å². The zero-order valence-corrected chi connectivity index (χ0v) is 16.3. The summed E-state index contributed by atoms with van der Waals surface area (Å²) in [5.41, 5.74) is 0.203. The van der Waals surface area contributed by atoms with E-state index in [9.17, 15) is 22.4 Å². The molecule has 8 heteroatoms. The highest BCUT2D eigenvalue weighted by Gasteiger charge is 2.35. The van der Waals surface area contributed by atoms with Crippen LogP contribution in [-0.4, -0.2) is 37.2 Å². The Kier molecular flexibility index (Phi) is 5.94. The van der Waals surface area contributed by atoms with Gasteiger partial charge in [-0.15, -0.1) is 0 Å². The summed E-state index contributed by atoms with van der Waals surface area (Å²) < 4.78 is 59.8. The lowest BCUT2D eigenvalue weighted by atomic mass is 9.79. The molecule has 4 nitrogen and oxygen atoms in total. The van der Waals surface area contributed by atoms with Gasteiger partial charge in [-0.25, -0.2) is 22.4 Å². The van der Waals surface area contributed by atoms with Crippen LogP contribution in [0.5, 0.6) is 0 Å². The predicted molar refractivity (Wildman–Crippen MR) is 103 cm³/mol. The Hall–Kier alpha value is -2.61. The Labute approximate surface area is 172 Å². The summed E-state index contributed by atoms with van der Waals surface area (Å²) in [6.45, 7) is 2.92. The number of fused-ring (bicyclic) bond motifs is 3. The van der Waals surface area contributed by atoms with Gasteiger partial charge in [0.25, 0.3) is 0 Å². The highest BCUT2D eigenvalue weighted by molar-refractivity contribution is 5.87. The van der Waals surface area contributed by atoms with Gasteiger partial charge in [0.1, 0.15) is 5.82 Å². The van der Waals surface area contributed by atoms with Gasteiger partial charge >= 0.3 is 6.09 Å². The van der Waals surface area contributed by atoms with Gasteiger partial charge in [-0.2, -0.15) is 0 Å². The van der Waals surface area contributed by atoms with Crippen molar-refractivity contribution in [2.24, 2.45) is 11.8 Å². The Morgan fingerprint density at radius 2 is 1.77 bits per heavy atom. The quantitative estimate of drug-likeness (QED) is 0.516. The van der Waals surface area contributed by atoms with E-state index in [0.29, 0.717) is 5.92 Å². The summed E-state index contributed by atoms with van der Waals surface area (Å²) in [5, 5.41) is 0. The first-order valence-electron chi connectivity index (χ1n) is 9.96. The minimum absolute atomic E-state index is 0.0236. The highest BCUT2D eigenvalue weighted by atomic mass is 19.2. The fourth-order valence-electron chi connectivity index (χ4n) is 4.32. The summed E-state index contributed by atoms with van der Waals surface area (Å²) in [5.74, 6) is -4.13. The number of rotatable bonds is 5. The maximum Gasteiger partial charge on any atom is 0.414 e. The lowest BCUT2D eigenvalue weighted by molar-refractivity contribution is 0.0138. The Balaban J connectivity index is 1.52. The molecule has 0 saturated carbocycles. The summed E-state index contributed by atoms with van der Waals surface area (Å²) in [6.07, 6.45) is 1.40. The van der Waals surface area contributed by atoms with Crippen LogP contribution in [0.15, 0.2) is 36.4 Å². The smallest absolute Gasteiger partial charge is 0.414 e. The van der Waals surface area contributed by atoms with Crippen molar-refractivity contribution in [3.8, 4) is 0 Å². The molecule has 2 bridgehead atoms. The molecule has 0 N–H and O–H groups in total. The number of carbonyl (C=O) groups is 1. The van der Waals surface area contributed by atoms with Crippen molar-refractivity contribution in [3.63, 3.8) is 0 Å². The third-order valence-electron chi connectivity index (χ3n) is 5.94. The van der Waals surface area contributed by atoms with Gasteiger partial charge in [0, 0.05) is 12.5 Å². The molecule has 3 aliphatic heterocycles.